The number of halogens is 1. The standard InChI is InChI=1S/C21H16BrN3O/c22-15-6-3-5-14(13-15)21(25-19-8-1-2-11-24-19)20-16-7-4-12-23-17(16)9-10-18(20)26/h1-13,21,26H,(H,24,25). The maximum absolute atomic E-state index is 10.7. The molecule has 4 nitrogen and oxygen atoms in total. The zero-order valence-electron chi connectivity index (χ0n) is 13.8. The number of aromatic nitrogens is 2. The highest BCUT2D eigenvalue weighted by Gasteiger charge is 2.21. The first-order chi connectivity index (χ1) is 12.7. The second kappa shape index (κ2) is 7.14. The van der Waals surface area contributed by atoms with Crippen molar-refractivity contribution >= 4 is 32.7 Å². The van der Waals surface area contributed by atoms with Crippen molar-refractivity contribution in [2.75, 3.05) is 5.32 Å². The van der Waals surface area contributed by atoms with Crippen LogP contribution in [0.2, 0.25) is 0 Å². The Balaban J connectivity index is 1.92. The van der Waals surface area contributed by atoms with Crippen molar-refractivity contribution in [2.24, 2.45) is 0 Å². The first kappa shape index (κ1) is 16.5. The molecule has 128 valence electrons. The fraction of sp³-hybridized carbons (Fsp3) is 0.0476. The monoisotopic (exact) mass is 405 g/mol. The van der Waals surface area contributed by atoms with Gasteiger partial charge >= 0.3 is 0 Å². The molecular formula is C21H16BrN3O. The largest absolute Gasteiger partial charge is 0.508 e. The van der Waals surface area contributed by atoms with Crippen LogP contribution in [0.4, 0.5) is 5.82 Å². The van der Waals surface area contributed by atoms with Crippen molar-refractivity contribution in [3.05, 3.63) is 94.7 Å². The molecule has 4 rings (SSSR count). The summed E-state index contributed by atoms with van der Waals surface area (Å²) in [6, 6.07) is 20.8. The molecule has 0 fully saturated rings. The van der Waals surface area contributed by atoms with Crippen LogP contribution in [0.15, 0.2) is 83.6 Å². The number of nitrogens with one attached hydrogen (secondary N) is 1. The second-order valence-corrected chi connectivity index (χ2v) is 6.83. The third-order valence-corrected chi connectivity index (χ3v) is 4.72. The lowest BCUT2D eigenvalue weighted by Crippen LogP contribution is -2.14. The Hall–Kier alpha value is -2.92. The second-order valence-electron chi connectivity index (χ2n) is 5.92. The smallest absolute Gasteiger partial charge is 0.126 e. The lowest BCUT2D eigenvalue weighted by molar-refractivity contribution is 0.468. The van der Waals surface area contributed by atoms with Crippen molar-refractivity contribution in [1.29, 1.82) is 0 Å². The van der Waals surface area contributed by atoms with E-state index in [0.717, 1.165) is 32.3 Å². The van der Waals surface area contributed by atoms with Gasteiger partial charge in [0.1, 0.15) is 11.6 Å². The van der Waals surface area contributed by atoms with Crippen LogP contribution in [0.25, 0.3) is 10.9 Å². The van der Waals surface area contributed by atoms with Crippen molar-refractivity contribution in [3.63, 3.8) is 0 Å². The number of fused-ring (bicyclic) bond motifs is 1. The predicted molar refractivity (Wildman–Crippen MR) is 107 cm³/mol. The van der Waals surface area contributed by atoms with Gasteiger partial charge in [-0.25, -0.2) is 4.98 Å². The highest BCUT2D eigenvalue weighted by molar-refractivity contribution is 9.10. The lowest BCUT2D eigenvalue weighted by atomic mass is 9.94. The lowest BCUT2D eigenvalue weighted by Gasteiger charge is -2.23. The van der Waals surface area contributed by atoms with E-state index in [1.54, 1.807) is 18.5 Å². The Bertz CT molecular complexity index is 1050. The third kappa shape index (κ3) is 3.26. The molecule has 2 N–H and O–H groups in total. The number of nitrogens with zero attached hydrogens (tertiary/aromatic N) is 2. The summed E-state index contributed by atoms with van der Waals surface area (Å²) in [5, 5.41) is 15.0. The summed E-state index contributed by atoms with van der Waals surface area (Å²) in [6.07, 6.45) is 3.49. The van der Waals surface area contributed by atoms with E-state index in [1.807, 2.05) is 60.7 Å². The van der Waals surface area contributed by atoms with Gasteiger partial charge in [0.2, 0.25) is 0 Å². The van der Waals surface area contributed by atoms with E-state index < -0.39 is 0 Å². The molecule has 1 unspecified atom stereocenters. The van der Waals surface area contributed by atoms with Gasteiger partial charge in [0.05, 0.1) is 11.6 Å². The maximum Gasteiger partial charge on any atom is 0.126 e. The van der Waals surface area contributed by atoms with E-state index in [4.69, 9.17) is 0 Å². The Labute approximate surface area is 159 Å². The van der Waals surface area contributed by atoms with Gasteiger partial charge in [-0.3, -0.25) is 4.98 Å². The van der Waals surface area contributed by atoms with E-state index in [1.165, 1.54) is 0 Å². The molecule has 0 radical (unpaired) electrons. The van der Waals surface area contributed by atoms with Gasteiger partial charge in [0.15, 0.2) is 0 Å². The molecule has 0 aliphatic rings. The highest BCUT2D eigenvalue weighted by Crippen LogP contribution is 2.37. The summed E-state index contributed by atoms with van der Waals surface area (Å²) >= 11 is 3.54. The highest BCUT2D eigenvalue weighted by atomic mass is 79.9. The van der Waals surface area contributed by atoms with Crippen LogP contribution in [-0.4, -0.2) is 15.1 Å². The minimum absolute atomic E-state index is 0.221. The summed E-state index contributed by atoms with van der Waals surface area (Å²) < 4.78 is 0.973. The molecule has 0 saturated heterocycles. The van der Waals surface area contributed by atoms with Crippen LogP contribution in [0.5, 0.6) is 5.75 Å². The topological polar surface area (TPSA) is 58.0 Å². The summed E-state index contributed by atoms with van der Waals surface area (Å²) in [6.45, 7) is 0. The van der Waals surface area contributed by atoms with Gasteiger partial charge in [0, 0.05) is 27.8 Å². The van der Waals surface area contributed by atoms with Crippen LogP contribution < -0.4 is 5.32 Å². The number of hydrogen-bond acceptors (Lipinski definition) is 4. The SMILES string of the molecule is Oc1ccc2ncccc2c1C(Nc1ccccn1)c1cccc(Br)c1. The Kier molecular flexibility index (Phi) is 4.54. The quantitative estimate of drug-likeness (QED) is 0.483. The van der Waals surface area contributed by atoms with Crippen LogP contribution in [0.3, 0.4) is 0 Å². The Morgan fingerprint density at radius 3 is 2.58 bits per heavy atom. The number of hydrogen-bond donors (Lipinski definition) is 2. The first-order valence-electron chi connectivity index (χ1n) is 8.22. The number of phenolic OH excluding ortho intramolecular Hbond substituents is 1. The molecule has 2 aromatic carbocycles. The summed E-state index contributed by atoms with van der Waals surface area (Å²) in [5.41, 5.74) is 2.62. The van der Waals surface area contributed by atoms with Crippen LogP contribution in [0.1, 0.15) is 17.2 Å². The maximum atomic E-state index is 10.7. The van der Waals surface area contributed by atoms with Crippen LogP contribution in [-0.2, 0) is 0 Å². The van der Waals surface area contributed by atoms with Crippen molar-refractivity contribution < 1.29 is 5.11 Å². The van der Waals surface area contributed by atoms with E-state index >= 15 is 0 Å². The minimum Gasteiger partial charge on any atom is -0.508 e. The molecule has 0 aliphatic heterocycles. The molecule has 0 spiro atoms. The van der Waals surface area contributed by atoms with Gasteiger partial charge in [-0.1, -0.05) is 40.2 Å². The Morgan fingerprint density at radius 1 is 0.885 bits per heavy atom. The Morgan fingerprint density at radius 2 is 1.77 bits per heavy atom. The van der Waals surface area contributed by atoms with Gasteiger partial charge in [0.25, 0.3) is 0 Å². The molecule has 0 aliphatic carbocycles. The first-order valence-corrected chi connectivity index (χ1v) is 9.01. The number of aromatic hydroxyl groups is 1. The van der Waals surface area contributed by atoms with E-state index in [2.05, 4.69) is 31.2 Å². The molecule has 0 bridgehead atoms. The molecule has 2 aromatic heterocycles. The average molecular weight is 406 g/mol. The number of anilines is 1. The molecular weight excluding hydrogens is 390 g/mol. The van der Waals surface area contributed by atoms with E-state index in [0.29, 0.717) is 0 Å². The number of benzene rings is 2. The molecule has 2 heterocycles. The van der Waals surface area contributed by atoms with Crippen LogP contribution in [0, 0.1) is 0 Å². The van der Waals surface area contributed by atoms with E-state index in [-0.39, 0.29) is 11.8 Å². The van der Waals surface area contributed by atoms with Gasteiger partial charge in [-0.15, -0.1) is 0 Å². The van der Waals surface area contributed by atoms with Crippen LogP contribution >= 0.6 is 15.9 Å². The van der Waals surface area contributed by atoms with Crippen molar-refractivity contribution in [3.8, 4) is 5.75 Å². The van der Waals surface area contributed by atoms with Gasteiger partial charge in [-0.05, 0) is 48.0 Å². The molecule has 26 heavy (non-hydrogen) atoms. The fourth-order valence-corrected chi connectivity index (χ4v) is 3.49. The normalized spacial score (nSPS) is 12.0. The average Bonchev–Trinajstić information content (AvgIpc) is 2.67. The molecule has 0 amide bonds. The van der Waals surface area contributed by atoms with Gasteiger partial charge < -0.3 is 10.4 Å². The molecule has 5 heteroatoms. The fourth-order valence-electron chi connectivity index (χ4n) is 3.07. The number of phenols is 1. The zero-order chi connectivity index (χ0) is 17.9. The molecule has 1 atom stereocenters. The molecule has 4 aromatic rings. The van der Waals surface area contributed by atoms with E-state index in [9.17, 15) is 5.11 Å². The molecule has 0 saturated carbocycles. The summed E-state index contributed by atoms with van der Waals surface area (Å²) in [7, 11) is 0. The zero-order valence-corrected chi connectivity index (χ0v) is 15.4. The summed E-state index contributed by atoms with van der Waals surface area (Å²) in [5.74, 6) is 0.955. The number of rotatable bonds is 4. The number of pyridine rings is 2. The third-order valence-electron chi connectivity index (χ3n) is 4.23. The predicted octanol–water partition coefficient (Wildman–Crippen LogP) is 5.30. The van der Waals surface area contributed by atoms with Gasteiger partial charge in [-0.2, -0.15) is 0 Å². The van der Waals surface area contributed by atoms with Crippen molar-refractivity contribution in [1.82, 2.24) is 9.97 Å². The minimum atomic E-state index is -0.282. The van der Waals surface area contributed by atoms with Crippen molar-refractivity contribution in [2.45, 2.75) is 6.04 Å². The summed E-state index contributed by atoms with van der Waals surface area (Å²) in [4.78, 5) is 8.80.